The lowest BCUT2D eigenvalue weighted by atomic mass is 9.98. The predicted molar refractivity (Wildman–Crippen MR) is 136 cm³/mol. The first-order valence-corrected chi connectivity index (χ1v) is 11.7. The van der Waals surface area contributed by atoms with Crippen LogP contribution in [-0.4, -0.2) is 52.8 Å². The Balaban J connectivity index is 1.63. The van der Waals surface area contributed by atoms with Crippen LogP contribution >= 0.6 is 0 Å². The van der Waals surface area contributed by atoms with Crippen LogP contribution in [0.2, 0.25) is 0 Å². The fourth-order valence-corrected chi connectivity index (χ4v) is 4.56. The van der Waals surface area contributed by atoms with E-state index in [-0.39, 0.29) is 30.3 Å². The van der Waals surface area contributed by atoms with Crippen LogP contribution in [0.4, 0.5) is 4.79 Å². The molecule has 0 bridgehead atoms. The molecule has 0 fully saturated rings. The number of ether oxygens (including phenoxy) is 2. The SMILES string of the molecule is C=C(C)C(=O)N(C(=O)OCC1c2ccccc2-c2ccccc21)C(Cc1ccc(O)c(O)c1)C(=O)OC. The molecule has 0 aliphatic heterocycles. The number of carbonyl (C=O) groups is 3. The Hall–Kier alpha value is -4.59. The van der Waals surface area contributed by atoms with Crippen LogP contribution in [0.3, 0.4) is 0 Å². The third-order valence-electron chi connectivity index (χ3n) is 6.37. The summed E-state index contributed by atoms with van der Waals surface area (Å²) >= 11 is 0. The lowest BCUT2D eigenvalue weighted by Crippen LogP contribution is -2.51. The topological polar surface area (TPSA) is 113 Å². The number of nitrogens with zero attached hydrogens (tertiary/aromatic N) is 1. The van der Waals surface area contributed by atoms with Gasteiger partial charge in [0.1, 0.15) is 12.6 Å². The van der Waals surface area contributed by atoms with Crippen molar-refractivity contribution in [1.82, 2.24) is 4.90 Å². The van der Waals surface area contributed by atoms with Crippen molar-refractivity contribution in [2.45, 2.75) is 25.3 Å². The Morgan fingerprint density at radius 2 is 1.54 bits per heavy atom. The van der Waals surface area contributed by atoms with Gasteiger partial charge in [-0.15, -0.1) is 0 Å². The summed E-state index contributed by atoms with van der Waals surface area (Å²) < 4.78 is 10.5. The van der Waals surface area contributed by atoms with Gasteiger partial charge in [0.25, 0.3) is 5.91 Å². The molecule has 37 heavy (non-hydrogen) atoms. The molecule has 3 aromatic carbocycles. The molecule has 8 heteroatoms. The number of rotatable bonds is 7. The molecule has 190 valence electrons. The Kier molecular flexibility index (Phi) is 7.29. The summed E-state index contributed by atoms with van der Waals surface area (Å²) in [5.41, 5.74) is 4.51. The lowest BCUT2D eigenvalue weighted by Gasteiger charge is -2.28. The first-order valence-electron chi connectivity index (χ1n) is 11.7. The molecule has 0 saturated heterocycles. The van der Waals surface area contributed by atoms with Crippen molar-refractivity contribution in [2.24, 2.45) is 0 Å². The summed E-state index contributed by atoms with van der Waals surface area (Å²) in [4.78, 5) is 39.9. The van der Waals surface area contributed by atoms with E-state index in [1.807, 2.05) is 48.5 Å². The fraction of sp³-hybridized carbons (Fsp3) is 0.207. The molecule has 1 aliphatic carbocycles. The van der Waals surface area contributed by atoms with Crippen LogP contribution in [0.25, 0.3) is 11.1 Å². The van der Waals surface area contributed by atoms with Crippen molar-refractivity contribution in [3.8, 4) is 22.6 Å². The molecule has 0 aromatic heterocycles. The molecule has 1 unspecified atom stereocenters. The number of hydrogen-bond donors (Lipinski definition) is 2. The summed E-state index contributed by atoms with van der Waals surface area (Å²) in [6, 6.07) is 18.2. The maximum atomic E-state index is 13.4. The van der Waals surface area contributed by atoms with Gasteiger partial charge in [0.05, 0.1) is 7.11 Å². The monoisotopic (exact) mass is 501 g/mol. The average molecular weight is 502 g/mol. The number of aromatic hydroxyl groups is 2. The molecule has 2 amide bonds. The highest BCUT2D eigenvalue weighted by molar-refractivity contribution is 6.04. The molecule has 1 aliphatic rings. The van der Waals surface area contributed by atoms with Gasteiger partial charge in [-0.2, -0.15) is 0 Å². The van der Waals surface area contributed by atoms with Crippen LogP contribution in [0.5, 0.6) is 11.5 Å². The zero-order valence-electron chi connectivity index (χ0n) is 20.5. The van der Waals surface area contributed by atoms with Gasteiger partial charge in [-0.05, 0) is 46.9 Å². The van der Waals surface area contributed by atoms with Gasteiger partial charge in [-0.25, -0.2) is 14.5 Å². The summed E-state index contributed by atoms with van der Waals surface area (Å²) in [6.07, 6.45) is -1.20. The Labute approximate surface area is 214 Å². The zero-order valence-corrected chi connectivity index (χ0v) is 20.5. The summed E-state index contributed by atoms with van der Waals surface area (Å²) in [7, 11) is 1.14. The van der Waals surface area contributed by atoms with Crippen LogP contribution in [-0.2, 0) is 25.5 Å². The predicted octanol–water partition coefficient (Wildman–Crippen LogP) is 4.54. The number of methoxy groups -OCH3 is 1. The van der Waals surface area contributed by atoms with E-state index in [4.69, 9.17) is 9.47 Å². The smallest absolute Gasteiger partial charge is 0.417 e. The van der Waals surface area contributed by atoms with E-state index >= 15 is 0 Å². The highest BCUT2D eigenvalue weighted by Gasteiger charge is 2.38. The van der Waals surface area contributed by atoms with Crippen LogP contribution < -0.4 is 0 Å². The quantitative estimate of drug-likeness (QED) is 0.278. The van der Waals surface area contributed by atoms with Crippen LogP contribution in [0, 0.1) is 0 Å². The number of phenolic OH excluding ortho intramolecular Hbond substituents is 2. The van der Waals surface area contributed by atoms with Crippen molar-refractivity contribution >= 4 is 18.0 Å². The molecule has 0 spiro atoms. The van der Waals surface area contributed by atoms with Crippen molar-refractivity contribution < 1.29 is 34.1 Å². The van der Waals surface area contributed by atoms with E-state index in [1.54, 1.807) is 0 Å². The first-order chi connectivity index (χ1) is 17.7. The van der Waals surface area contributed by atoms with Gasteiger partial charge < -0.3 is 19.7 Å². The molecule has 8 nitrogen and oxygen atoms in total. The second-order valence-corrected chi connectivity index (χ2v) is 8.83. The molecule has 3 aromatic rings. The normalized spacial score (nSPS) is 12.7. The van der Waals surface area contributed by atoms with Gasteiger partial charge in [-0.1, -0.05) is 61.2 Å². The van der Waals surface area contributed by atoms with Gasteiger partial charge >= 0.3 is 12.1 Å². The lowest BCUT2D eigenvalue weighted by molar-refractivity contribution is -0.150. The number of fused-ring (bicyclic) bond motifs is 3. The number of esters is 1. The Morgan fingerprint density at radius 1 is 0.946 bits per heavy atom. The molecule has 1 atom stereocenters. The van der Waals surface area contributed by atoms with Crippen molar-refractivity contribution in [2.75, 3.05) is 13.7 Å². The van der Waals surface area contributed by atoms with Gasteiger partial charge in [0.2, 0.25) is 0 Å². The molecule has 0 radical (unpaired) electrons. The van der Waals surface area contributed by atoms with Crippen molar-refractivity contribution in [3.05, 3.63) is 95.6 Å². The number of carbonyl (C=O) groups excluding carboxylic acids is 3. The average Bonchev–Trinajstić information content (AvgIpc) is 3.22. The summed E-state index contributed by atoms with van der Waals surface area (Å²) in [5, 5.41) is 19.5. The van der Waals surface area contributed by atoms with Crippen LogP contribution in [0.1, 0.15) is 29.5 Å². The van der Waals surface area contributed by atoms with E-state index in [1.165, 1.54) is 25.1 Å². The highest BCUT2D eigenvalue weighted by atomic mass is 16.6. The van der Waals surface area contributed by atoms with Crippen molar-refractivity contribution in [3.63, 3.8) is 0 Å². The maximum Gasteiger partial charge on any atom is 0.417 e. The summed E-state index contributed by atoms with van der Waals surface area (Å²) in [6.45, 7) is 5.00. The number of phenols is 2. The van der Waals surface area contributed by atoms with E-state index in [9.17, 15) is 24.6 Å². The Bertz CT molecular complexity index is 1330. The zero-order chi connectivity index (χ0) is 26.7. The first kappa shape index (κ1) is 25.5. The maximum absolute atomic E-state index is 13.4. The third-order valence-corrected chi connectivity index (χ3v) is 6.37. The molecule has 0 heterocycles. The number of imide groups is 1. The fourth-order valence-electron chi connectivity index (χ4n) is 4.56. The molecule has 0 saturated carbocycles. The molecular formula is C29H27NO7. The van der Waals surface area contributed by atoms with Gasteiger partial charge in [-0.3, -0.25) is 4.79 Å². The van der Waals surface area contributed by atoms with Gasteiger partial charge in [0.15, 0.2) is 11.5 Å². The van der Waals surface area contributed by atoms with Gasteiger partial charge in [0, 0.05) is 17.9 Å². The minimum absolute atomic E-state index is 0.0240. The van der Waals surface area contributed by atoms with E-state index < -0.39 is 29.8 Å². The van der Waals surface area contributed by atoms with Crippen molar-refractivity contribution in [1.29, 1.82) is 0 Å². The second-order valence-electron chi connectivity index (χ2n) is 8.83. The highest BCUT2D eigenvalue weighted by Crippen LogP contribution is 2.44. The van der Waals surface area contributed by atoms with E-state index in [0.717, 1.165) is 29.4 Å². The Morgan fingerprint density at radius 3 is 2.08 bits per heavy atom. The minimum atomic E-state index is -1.39. The van der Waals surface area contributed by atoms with E-state index in [2.05, 4.69) is 6.58 Å². The molecule has 4 rings (SSSR count). The number of hydrogen-bond acceptors (Lipinski definition) is 7. The standard InChI is InChI=1S/C29H27NO7/c1-17(2)27(33)30(24(28(34)36-3)14-18-12-13-25(31)26(32)15-18)29(35)37-16-23-21-10-6-4-8-19(21)20-9-5-7-11-22(20)23/h4-13,15,23-24,31-32H,1,14,16H2,2-3H3. The van der Waals surface area contributed by atoms with E-state index in [0.29, 0.717) is 10.5 Å². The minimum Gasteiger partial charge on any atom is -0.504 e. The number of benzene rings is 3. The second kappa shape index (κ2) is 10.6. The largest absolute Gasteiger partial charge is 0.504 e. The number of amides is 2. The van der Waals surface area contributed by atoms with Crippen LogP contribution in [0.15, 0.2) is 78.9 Å². The molecular weight excluding hydrogens is 474 g/mol. The third kappa shape index (κ3) is 5.04. The summed E-state index contributed by atoms with van der Waals surface area (Å²) in [5.74, 6) is -2.64. The molecule has 2 N–H and O–H groups in total.